The van der Waals surface area contributed by atoms with Crippen LogP contribution in [0.1, 0.15) is 36.1 Å². The Labute approximate surface area is 158 Å². The molecule has 2 aromatic heterocycles. The van der Waals surface area contributed by atoms with Gasteiger partial charge in [0.15, 0.2) is 10.8 Å². The molecule has 7 heteroatoms. The normalized spacial score (nSPS) is 11.3. The van der Waals surface area contributed by atoms with Crippen LogP contribution in [0.5, 0.6) is 5.75 Å². The molecule has 0 saturated carbocycles. The van der Waals surface area contributed by atoms with Crippen LogP contribution < -0.4 is 4.74 Å². The van der Waals surface area contributed by atoms with E-state index in [0.717, 1.165) is 21.2 Å². The molecular formula is C18H18BrNO4S. The third kappa shape index (κ3) is 3.72. The van der Waals surface area contributed by atoms with Gasteiger partial charge in [0, 0.05) is 5.39 Å². The van der Waals surface area contributed by atoms with E-state index < -0.39 is 0 Å². The van der Waals surface area contributed by atoms with Crippen LogP contribution in [-0.2, 0) is 4.74 Å². The molecule has 132 valence electrons. The second kappa shape index (κ2) is 7.17. The molecule has 2 heterocycles. The Balaban J connectivity index is 2.01. The second-order valence-corrected chi connectivity index (χ2v) is 7.61. The maximum absolute atomic E-state index is 12.0. The molecule has 3 rings (SSSR count). The van der Waals surface area contributed by atoms with Crippen molar-refractivity contribution in [2.45, 2.75) is 33.8 Å². The summed E-state index contributed by atoms with van der Waals surface area (Å²) in [7, 11) is 0. The van der Waals surface area contributed by atoms with Crippen LogP contribution in [0.15, 0.2) is 27.1 Å². The number of aryl methyl sites for hydroxylation is 1. The Hall–Kier alpha value is -1.86. The number of nitrogens with zero attached hydrogens (tertiary/aromatic N) is 1. The van der Waals surface area contributed by atoms with E-state index in [1.807, 2.05) is 32.0 Å². The van der Waals surface area contributed by atoms with Gasteiger partial charge in [-0.2, -0.15) is 0 Å². The van der Waals surface area contributed by atoms with Gasteiger partial charge in [-0.05, 0) is 61.8 Å². The summed E-state index contributed by atoms with van der Waals surface area (Å²) >= 11 is 4.79. The van der Waals surface area contributed by atoms with E-state index in [0.29, 0.717) is 27.9 Å². The summed E-state index contributed by atoms with van der Waals surface area (Å²) in [6, 6.07) is 5.72. The first kappa shape index (κ1) is 17.9. The fourth-order valence-corrected chi connectivity index (χ4v) is 3.87. The highest BCUT2D eigenvalue weighted by Crippen LogP contribution is 2.37. The molecule has 0 aliphatic heterocycles. The highest BCUT2D eigenvalue weighted by atomic mass is 79.9. The molecule has 0 bridgehead atoms. The van der Waals surface area contributed by atoms with E-state index in [4.69, 9.17) is 13.9 Å². The number of rotatable bonds is 5. The van der Waals surface area contributed by atoms with Crippen molar-refractivity contribution in [3.8, 4) is 16.5 Å². The lowest BCUT2D eigenvalue weighted by Crippen LogP contribution is -2.05. The fraction of sp³-hybridized carbons (Fsp3) is 0.333. The van der Waals surface area contributed by atoms with Crippen molar-refractivity contribution in [3.63, 3.8) is 0 Å². The number of carbonyl (C=O) groups excluding carboxylic acids is 1. The van der Waals surface area contributed by atoms with Crippen molar-refractivity contribution in [1.29, 1.82) is 0 Å². The largest absolute Gasteiger partial charge is 0.491 e. The summed E-state index contributed by atoms with van der Waals surface area (Å²) in [5.74, 6) is 1.03. The Morgan fingerprint density at radius 3 is 2.80 bits per heavy atom. The van der Waals surface area contributed by atoms with Gasteiger partial charge < -0.3 is 13.9 Å². The van der Waals surface area contributed by atoms with Crippen molar-refractivity contribution in [2.24, 2.45) is 0 Å². The maximum Gasteiger partial charge on any atom is 0.350 e. The number of benzene rings is 1. The molecule has 0 unspecified atom stereocenters. The van der Waals surface area contributed by atoms with Gasteiger partial charge in [-0.15, -0.1) is 11.3 Å². The molecule has 0 saturated heterocycles. The molecule has 1 aromatic carbocycles. The zero-order valence-electron chi connectivity index (χ0n) is 14.4. The number of thiazole rings is 1. The van der Waals surface area contributed by atoms with Gasteiger partial charge in [0.1, 0.15) is 16.2 Å². The van der Waals surface area contributed by atoms with Crippen molar-refractivity contribution in [2.75, 3.05) is 6.61 Å². The molecule has 0 atom stereocenters. The number of hydrogen-bond acceptors (Lipinski definition) is 6. The number of fused-ring (bicyclic) bond motifs is 1. The third-order valence-corrected chi connectivity index (χ3v) is 5.13. The summed E-state index contributed by atoms with van der Waals surface area (Å²) < 4.78 is 17.6. The second-order valence-electron chi connectivity index (χ2n) is 5.75. The lowest BCUT2D eigenvalue weighted by Gasteiger charge is -2.09. The molecule has 0 fully saturated rings. The summed E-state index contributed by atoms with van der Waals surface area (Å²) in [4.78, 5) is 16.9. The minimum Gasteiger partial charge on any atom is -0.491 e. The minimum atomic E-state index is -0.353. The van der Waals surface area contributed by atoms with Crippen LogP contribution >= 0.6 is 27.3 Å². The number of halogens is 1. The number of furan rings is 1. The average Bonchev–Trinajstić information content (AvgIpc) is 3.10. The molecule has 25 heavy (non-hydrogen) atoms. The maximum atomic E-state index is 12.0. The SMILES string of the molecule is CCOC(=O)c1sc(-c2cc3cc(OC(C)C)cc(Br)c3o2)nc1C. The predicted octanol–water partition coefficient (Wildman–Crippen LogP) is 5.59. The van der Waals surface area contributed by atoms with Crippen LogP contribution in [0.4, 0.5) is 0 Å². The van der Waals surface area contributed by atoms with Crippen LogP contribution in [0.2, 0.25) is 0 Å². The van der Waals surface area contributed by atoms with Gasteiger partial charge in [-0.25, -0.2) is 9.78 Å². The first-order valence-electron chi connectivity index (χ1n) is 7.93. The minimum absolute atomic E-state index is 0.0875. The third-order valence-electron chi connectivity index (χ3n) is 3.38. The summed E-state index contributed by atoms with van der Waals surface area (Å²) in [5, 5.41) is 1.56. The standard InChI is InChI=1S/C18H18BrNO4S/c1-5-22-18(21)16-10(4)20-17(25-16)14-7-11-6-12(23-9(2)3)8-13(19)15(11)24-14/h6-9H,5H2,1-4H3. The van der Waals surface area contributed by atoms with Crippen molar-refractivity contribution >= 4 is 44.2 Å². The first-order valence-corrected chi connectivity index (χ1v) is 9.54. The number of ether oxygens (including phenoxy) is 2. The Bertz CT molecular complexity index is 929. The lowest BCUT2D eigenvalue weighted by molar-refractivity contribution is 0.0531. The topological polar surface area (TPSA) is 61.6 Å². The van der Waals surface area contributed by atoms with Gasteiger partial charge >= 0.3 is 5.97 Å². The van der Waals surface area contributed by atoms with Crippen LogP contribution in [-0.4, -0.2) is 23.7 Å². The highest BCUT2D eigenvalue weighted by Gasteiger charge is 2.20. The number of carbonyl (C=O) groups is 1. The highest BCUT2D eigenvalue weighted by molar-refractivity contribution is 9.10. The molecule has 0 aliphatic carbocycles. The zero-order valence-corrected chi connectivity index (χ0v) is 16.8. The summed E-state index contributed by atoms with van der Waals surface area (Å²) in [5.41, 5.74) is 1.36. The van der Waals surface area contributed by atoms with Gasteiger partial charge in [-0.3, -0.25) is 0 Å². The molecule has 0 aliphatic rings. The average molecular weight is 424 g/mol. The summed E-state index contributed by atoms with van der Waals surface area (Å²) in [6.45, 7) is 7.87. The first-order chi connectivity index (χ1) is 11.9. The Morgan fingerprint density at radius 1 is 1.36 bits per heavy atom. The van der Waals surface area contributed by atoms with Gasteiger partial charge in [0.25, 0.3) is 0 Å². The number of esters is 1. The Morgan fingerprint density at radius 2 is 2.12 bits per heavy atom. The van der Waals surface area contributed by atoms with Crippen LogP contribution in [0.3, 0.4) is 0 Å². The molecule has 5 nitrogen and oxygen atoms in total. The molecular weight excluding hydrogens is 406 g/mol. The quantitative estimate of drug-likeness (QED) is 0.500. The van der Waals surface area contributed by atoms with E-state index in [2.05, 4.69) is 20.9 Å². The fourth-order valence-electron chi connectivity index (χ4n) is 2.42. The van der Waals surface area contributed by atoms with Gasteiger partial charge in [-0.1, -0.05) is 0 Å². The van der Waals surface area contributed by atoms with Crippen LogP contribution in [0.25, 0.3) is 21.7 Å². The van der Waals surface area contributed by atoms with E-state index in [-0.39, 0.29) is 12.1 Å². The van der Waals surface area contributed by atoms with Gasteiger partial charge in [0.05, 0.1) is 22.9 Å². The number of aromatic nitrogens is 1. The lowest BCUT2D eigenvalue weighted by atomic mass is 10.2. The molecule has 0 spiro atoms. The summed E-state index contributed by atoms with van der Waals surface area (Å²) in [6.07, 6.45) is 0.0875. The number of hydrogen-bond donors (Lipinski definition) is 0. The molecule has 0 amide bonds. The van der Waals surface area contributed by atoms with E-state index in [1.165, 1.54) is 11.3 Å². The van der Waals surface area contributed by atoms with Gasteiger partial charge in [0.2, 0.25) is 0 Å². The van der Waals surface area contributed by atoms with Crippen LogP contribution in [0, 0.1) is 6.92 Å². The predicted molar refractivity (Wildman–Crippen MR) is 101 cm³/mol. The monoisotopic (exact) mass is 423 g/mol. The smallest absolute Gasteiger partial charge is 0.350 e. The molecule has 0 N–H and O–H groups in total. The van der Waals surface area contributed by atoms with E-state index in [9.17, 15) is 4.79 Å². The Kier molecular flexibility index (Phi) is 5.15. The van der Waals surface area contributed by atoms with E-state index >= 15 is 0 Å². The van der Waals surface area contributed by atoms with Crippen molar-refractivity contribution in [3.05, 3.63) is 33.2 Å². The van der Waals surface area contributed by atoms with E-state index in [1.54, 1.807) is 13.8 Å². The zero-order chi connectivity index (χ0) is 18.1. The molecule has 3 aromatic rings. The molecule has 0 radical (unpaired) electrons. The van der Waals surface area contributed by atoms with Crippen molar-refractivity contribution < 1.29 is 18.7 Å². The van der Waals surface area contributed by atoms with Crippen molar-refractivity contribution in [1.82, 2.24) is 4.98 Å².